The summed E-state index contributed by atoms with van der Waals surface area (Å²) in [4.78, 5) is 2.00. The molecule has 0 radical (unpaired) electrons. The number of aromatic hydroxyl groups is 1. The molecule has 0 aromatic heterocycles. The number of phenols is 1. The summed E-state index contributed by atoms with van der Waals surface area (Å²) < 4.78 is 0. The maximum absolute atomic E-state index is 9.89. The molecule has 6 heteroatoms. The number of hydrogen-bond acceptors (Lipinski definition) is 4. The zero-order chi connectivity index (χ0) is 13.3. The van der Waals surface area contributed by atoms with E-state index in [0.29, 0.717) is 41.7 Å². The van der Waals surface area contributed by atoms with Crippen LogP contribution in [0, 0.1) is 0 Å². The largest absolute Gasteiger partial charge is 0.506 e. The number of hydrogen-bond donors (Lipinski definition) is 3. The smallest absolute Gasteiger partial charge is 0.140 e. The minimum Gasteiger partial charge on any atom is -0.506 e. The molecule has 2 rings (SSSR count). The van der Waals surface area contributed by atoms with Crippen LogP contribution in [0.4, 0.5) is 5.69 Å². The fourth-order valence-electron chi connectivity index (χ4n) is 2.13. The van der Waals surface area contributed by atoms with E-state index in [1.807, 2.05) is 4.90 Å². The monoisotopic (exact) mass is 290 g/mol. The summed E-state index contributed by atoms with van der Waals surface area (Å²) in [5.41, 5.74) is 6.15. The molecule has 1 aliphatic heterocycles. The third kappa shape index (κ3) is 2.67. The van der Waals surface area contributed by atoms with E-state index >= 15 is 0 Å². The standard InChI is InChI=1S/C12H16Cl2N2O2/c13-8-5-10(11(18)6-9(8)14)16-3-1-12(15,7-17)2-4-16/h5-6,17-18H,1-4,7,15H2. The van der Waals surface area contributed by atoms with Gasteiger partial charge in [0.15, 0.2) is 0 Å². The third-order valence-corrected chi connectivity index (χ3v) is 4.15. The normalized spacial score (nSPS) is 19.0. The molecule has 4 N–H and O–H groups in total. The first kappa shape index (κ1) is 13.7. The van der Waals surface area contributed by atoms with Crippen molar-refractivity contribution in [1.29, 1.82) is 0 Å². The van der Waals surface area contributed by atoms with E-state index in [9.17, 15) is 10.2 Å². The number of nitrogens with two attached hydrogens (primary N) is 1. The molecule has 18 heavy (non-hydrogen) atoms. The number of nitrogens with zero attached hydrogens (tertiary/aromatic N) is 1. The molecular weight excluding hydrogens is 275 g/mol. The van der Waals surface area contributed by atoms with Crippen LogP contribution in [-0.4, -0.2) is 35.4 Å². The lowest BCUT2D eigenvalue weighted by Crippen LogP contribution is -2.52. The van der Waals surface area contributed by atoms with E-state index in [-0.39, 0.29) is 12.4 Å². The summed E-state index contributed by atoms with van der Waals surface area (Å²) in [7, 11) is 0. The van der Waals surface area contributed by atoms with Gasteiger partial charge in [0.25, 0.3) is 0 Å². The molecule has 1 heterocycles. The average molecular weight is 291 g/mol. The zero-order valence-corrected chi connectivity index (χ0v) is 11.4. The topological polar surface area (TPSA) is 69.7 Å². The molecule has 100 valence electrons. The van der Waals surface area contributed by atoms with Gasteiger partial charge in [0.1, 0.15) is 5.75 Å². The minimum atomic E-state index is -0.512. The molecular formula is C12H16Cl2N2O2. The lowest BCUT2D eigenvalue weighted by molar-refractivity contribution is 0.170. The van der Waals surface area contributed by atoms with Crippen molar-refractivity contribution in [2.75, 3.05) is 24.6 Å². The summed E-state index contributed by atoms with van der Waals surface area (Å²) in [5, 5.41) is 19.8. The van der Waals surface area contributed by atoms with Gasteiger partial charge in [0.05, 0.1) is 22.3 Å². The second-order valence-electron chi connectivity index (χ2n) is 4.76. The first-order chi connectivity index (χ1) is 8.45. The van der Waals surface area contributed by atoms with Gasteiger partial charge in [0.2, 0.25) is 0 Å². The zero-order valence-electron chi connectivity index (χ0n) is 9.87. The molecule has 0 aliphatic carbocycles. The molecule has 1 aliphatic rings. The minimum absolute atomic E-state index is 0.0196. The van der Waals surface area contributed by atoms with Crippen LogP contribution < -0.4 is 10.6 Å². The molecule has 0 saturated carbocycles. The van der Waals surface area contributed by atoms with Crippen molar-refractivity contribution in [3.05, 3.63) is 22.2 Å². The fraction of sp³-hybridized carbons (Fsp3) is 0.500. The van der Waals surface area contributed by atoms with Crippen molar-refractivity contribution in [2.24, 2.45) is 5.73 Å². The Hall–Kier alpha value is -0.680. The first-order valence-electron chi connectivity index (χ1n) is 5.78. The van der Waals surface area contributed by atoms with Gasteiger partial charge in [-0.2, -0.15) is 0 Å². The van der Waals surface area contributed by atoms with Crippen LogP contribution in [0.2, 0.25) is 10.0 Å². The molecule has 4 nitrogen and oxygen atoms in total. The van der Waals surface area contributed by atoms with Gasteiger partial charge >= 0.3 is 0 Å². The van der Waals surface area contributed by atoms with Gasteiger partial charge in [-0.05, 0) is 18.9 Å². The summed E-state index contributed by atoms with van der Waals surface area (Å²) in [6, 6.07) is 3.09. The summed E-state index contributed by atoms with van der Waals surface area (Å²) in [5.74, 6) is 0.109. The Labute approximate surface area is 116 Å². The highest BCUT2D eigenvalue weighted by Gasteiger charge is 2.30. The number of aliphatic hydroxyl groups is 1. The summed E-state index contributed by atoms with van der Waals surface area (Å²) in [6.45, 7) is 1.32. The molecule has 0 spiro atoms. The highest BCUT2D eigenvalue weighted by Crippen LogP contribution is 2.37. The van der Waals surface area contributed by atoms with Gasteiger partial charge < -0.3 is 20.8 Å². The van der Waals surface area contributed by atoms with E-state index in [4.69, 9.17) is 28.9 Å². The Morgan fingerprint density at radius 2 is 1.78 bits per heavy atom. The van der Waals surface area contributed by atoms with Crippen LogP contribution >= 0.6 is 23.2 Å². The second-order valence-corrected chi connectivity index (χ2v) is 5.58. The van der Waals surface area contributed by atoms with Crippen LogP contribution in [0.3, 0.4) is 0 Å². The predicted octanol–water partition coefficient (Wildman–Crippen LogP) is 1.99. The fourth-order valence-corrected chi connectivity index (χ4v) is 2.45. The number of anilines is 1. The number of aliphatic hydroxyl groups excluding tert-OH is 1. The third-order valence-electron chi connectivity index (χ3n) is 3.43. The van der Waals surface area contributed by atoms with Gasteiger partial charge in [0, 0.05) is 24.7 Å². The van der Waals surface area contributed by atoms with E-state index in [0.717, 1.165) is 0 Å². The molecule has 1 aromatic rings. The summed E-state index contributed by atoms with van der Waals surface area (Å²) in [6.07, 6.45) is 1.34. The number of benzene rings is 1. The van der Waals surface area contributed by atoms with E-state index in [2.05, 4.69) is 0 Å². The van der Waals surface area contributed by atoms with Crippen molar-refractivity contribution in [1.82, 2.24) is 0 Å². The Morgan fingerprint density at radius 1 is 1.22 bits per heavy atom. The van der Waals surface area contributed by atoms with Gasteiger partial charge in [-0.15, -0.1) is 0 Å². The second kappa shape index (κ2) is 5.13. The number of piperidine rings is 1. The van der Waals surface area contributed by atoms with Crippen molar-refractivity contribution >= 4 is 28.9 Å². The Kier molecular flexibility index (Phi) is 3.92. The number of phenolic OH excluding ortho intramolecular Hbond substituents is 1. The van der Waals surface area contributed by atoms with Gasteiger partial charge in [-0.25, -0.2) is 0 Å². The van der Waals surface area contributed by atoms with Crippen LogP contribution in [0.1, 0.15) is 12.8 Å². The molecule has 0 amide bonds. The highest BCUT2D eigenvalue weighted by atomic mass is 35.5. The van der Waals surface area contributed by atoms with Crippen molar-refractivity contribution < 1.29 is 10.2 Å². The van der Waals surface area contributed by atoms with Crippen molar-refractivity contribution in [3.63, 3.8) is 0 Å². The Bertz CT molecular complexity index is 446. The highest BCUT2D eigenvalue weighted by molar-refractivity contribution is 6.42. The lowest BCUT2D eigenvalue weighted by Gasteiger charge is -2.39. The number of rotatable bonds is 2. The first-order valence-corrected chi connectivity index (χ1v) is 6.53. The average Bonchev–Trinajstić information content (AvgIpc) is 2.35. The van der Waals surface area contributed by atoms with E-state index in [1.165, 1.54) is 6.07 Å². The quantitative estimate of drug-likeness (QED) is 0.779. The van der Waals surface area contributed by atoms with Gasteiger partial charge in [-0.1, -0.05) is 23.2 Å². The maximum Gasteiger partial charge on any atom is 0.140 e. The Balaban J connectivity index is 2.17. The van der Waals surface area contributed by atoms with Crippen molar-refractivity contribution in [2.45, 2.75) is 18.4 Å². The molecule has 1 aromatic carbocycles. The molecule has 1 saturated heterocycles. The van der Waals surface area contributed by atoms with Gasteiger partial charge in [-0.3, -0.25) is 0 Å². The van der Waals surface area contributed by atoms with Crippen LogP contribution in [0.25, 0.3) is 0 Å². The van der Waals surface area contributed by atoms with Crippen LogP contribution in [0.15, 0.2) is 12.1 Å². The lowest BCUT2D eigenvalue weighted by atomic mass is 9.89. The predicted molar refractivity (Wildman–Crippen MR) is 73.6 cm³/mol. The SMILES string of the molecule is NC1(CO)CCN(c2cc(Cl)c(Cl)cc2O)CC1. The maximum atomic E-state index is 9.89. The summed E-state index contributed by atoms with van der Waals surface area (Å²) >= 11 is 11.8. The molecule has 1 fully saturated rings. The molecule has 0 unspecified atom stereocenters. The van der Waals surface area contributed by atoms with Crippen LogP contribution in [-0.2, 0) is 0 Å². The molecule has 0 atom stereocenters. The number of halogens is 2. The van der Waals surface area contributed by atoms with E-state index in [1.54, 1.807) is 6.07 Å². The van der Waals surface area contributed by atoms with Crippen LogP contribution in [0.5, 0.6) is 5.75 Å². The van der Waals surface area contributed by atoms with Crippen molar-refractivity contribution in [3.8, 4) is 5.75 Å². The Morgan fingerprint density at radius 3 is 2.33 bits per heavy atom. The van der Waals surface area contributed by atoms with E-state index < -0.39 is 5.54 Å². The molecule has 0 bridgehead atoms.